The molecule has 1 atom stereocenters. The van der Waals surface area contributed by atoms with Crippen LogP contribution < -0.4 is 0 Å². The molecule has 1 aromatic rings. The first-order valence-electron chi connectivity index (χ1n) is 7.85. The third kappa shape index (κ3) is 4.00. The Kier molecular flexibility index (Phi) is 5.67. The molecule has 0 saturated heterocycles. The first kappa shape index (κ1) is 15.9. The Morgan fingerprint density at radius 1 is 1.33 bits per heavy atom. The van der Waals surface area contributed by atoms with Gasteiger partial charge >= 0.3 is 5.97 Å². The molecule has 0 bridgehead atoms. The van der Waals surface area contributed by atoms with Crippen molar-refractivity contribution in [2.75, 3.05) is 13.2 Å². The molecule has 1 aliphatic rings. The number of hydrogen-bond donors (Lipinski definition) is 0. The highest BCUT2D eigenvalue weighted by Crippen LogP contribution is 2.42. The van der Waals surface area contributed by atoms with Gasteiger partial charge in [-0.15, -0.1) is 0 Å². The molecule has 1 unspecified atom stereocenters. The Labute approximate surface area is 126 Å². The Hall–Kier alpha value is -1.49. The summed E-state index contributed by atoms with van der Waals surface area (Å²) < 4.78 is 10.9. The number of aromatic nitrogens is 2. The third-order valence-corrected chi connectivity index (χ3v) is 3.52. The summed E-state index contributed by atoms with van der Waals surface area (Å²) >= 11 is 0. The maximum Gasteiger partial charge on any atom is 0.341 e. The highest BCUT2D eigenvalue weighted by atomic mass is 16.5. The van der Waals surface area contributed by atoms with Crippen LogP contribution in [0.2, 0.25) is 0 Å². The number of hydrogen-bond acceptors (Lipinski definition) is 5. The minimum absolute atomic E-state index is 0.0400. The highest BCUT2D eigenvalue weighted by molar-refractivity contribution is 5.90. The summed E-state index contributed by atoms with van der Waals surface area (Å²) in [5.74, 6) is 0.885. The van der Waals surface area contributed by atoms with E-state index in [2.05, 4.69) is 16.9 Å². The predicted octanol–water partition coefficient (Wildman–Crippen LogP) is 3.09. The second-order valence-corrected chi connectivity index (χ2v) is 5.27. The van der Waals surface area contributed by atoms with Crippen LogP contribution >= 0.6 is 0 Å². The summed E-state index contributed by atoms with van der Waals surface area (Å²) in [6.07, 6.45) is 5.55. The van der Waals surface area contributed by atoms with Crippen LogP contribution in [0.15, 0.2) is 6.20 Å². The number of nitrogens with zero attached hydrogens (tertiary/aromatic N) is 2. The average Bonchev–Trinajstić information content (AvgIpc) is 3.30. The molecule has 0 N–H and O–H groups in total. The van der Waals surface area contributed by atoms with Gasteiger partial charge in [0.25, 0.3) is 0 Å². The zero-order chi connectivity index (χ0) is 15.2. The van der Waals surface area contributed by atoms with Crippen molar-refractivity contribution in [3.63, 3.8) is 0 Å². The van der Waals surface area contributed by atoms with Crippen molar-refractivity contribution in [3.05, 3.63) is 23.3 Å². The SMILES string of the molecule is CCCc1nc(C(OCC)C2CC2)ncc1C(=O)OCC. The van der Waals surface area contributed by atoms with E-state index in [0.29, 0.717) is 30.5 Å². The molecule has 0 spiro atoms. The minimum atomic E-state index is -0.341. The van der Waals surface area contributed by atoms with Crippen molar-refractivity contribution in [3.8, 4) is 0 Å². The molecular formula is C16H24N2O3. The number of rotatable bonds is 8. The summed E-state index contributed by atoms with van der Waals surface area (Å²) in [7, 11) is 0. The zero-order valence-electron chi connectivity index (χ0n) is 13.1. The van der Waals surface area contributed by atoms with E-state index in [4.69, 9.17) is 9.47 Å². The van der Waals surface area contributed by atoms with Gasteiger partial charge in [0.05, 0.1) is 17.9 Å². The molecule has 1 fully saturated rings. The number of carbonyl (C=O) groups is 1. The lowest BCUT2D eigenvalue weighted by molar-refractivity contribution is 0.0394. The number of esters is 1. The fraction of sp³-hybridized carbons (Fsp3) is 0.688. The first-order chi connectivity index (χ1) is 10.2. The Bertz CT molecular complexity index is 486. The van der Waals surface area contributed by atoms with Crippen molar-refractivity contribution >= 4 is 5.97 Å². The molecule has 21 heavy (non-hydrogen) atoms. The molecule has 0 aromatic carbocycles. The van der Waals surface area contributed by atoms with Crippen LogP contribution in [0.3, 0.4) is 0 Å². The van der Waals surface area contributed by atoms with E-state index >= 15 is 0 Å². The standard InChI is InChI=1S/C16H24N2O3/c1-4-7-13-12(16(19)21-6-3)10-17-15(18-13)14(20-5-2)11-8-9-11/h10-11,14H,4-9H2,1-3H3. The van der Waals surface area contributed by atoms with E-state index in [1.165, 1.54) is 0 Å². The molecule has 1 saturated carbocycles. The second kappa shape index (κ2) is 7.50. The van der Waals surface area contributed by atoms with Crippen molar-refractivity contribution < 1.29 is 14.3 Å². The molecule has 1 heterocycles. The van der Waals surface area contributed by atoms with Crippen molar-refractivity contribution in [2.45, 2.75) is 52.6 Å². The molecule has 1 aliphatic carbocycles. The van der Waals surface area contributed by atoms with Crippen LogP contribution in [-0.2, 0) is 15.9 Å². The van der Waals surface area contributed by atoms with E-state index in [1.54, 1.807) is 13.1 Å². The fourth-order valence-electron chi connectivity index (χ4n) is 2.38. The van der Waals surface area contributed by atoms with Crippen LogP contribution in [0.5, 0.6) is 0 Å². The molecule has 5 nitrogen and oxygen atoms in total. The monoisotopic (exact) mass is 292 g/mol. The highest BCUT2D eigenvalue weighted by Gasteiger charge is 2.35. The molecule has 116 valence electrons. The number of carbonyl (C=O) groups excluding carboxylic acids is 1. The van der Waals surface area contributed by atoms with Gasteiger partial charge in [-0.2, -0.15) is 0 Å². The predicted molar refractivity (Wildman–Crippen MR) is 79.1 cm³/mol. The van der Waals surface area contributed by atoms with Gasteiger partial charge in [-0.05, 0) is 39.0 Å². The summed E-state index contributed by atoms with van der Waals surface area (Å²) in [6, 6.07) is 0. The Morgan fingerprint density at radius 2 is 2.10 bits per heavy atom. The van der Waals surface area contributed by atoms with Crippen molar-refractivity contribution in [1.29, 1.82) is 0 Å². The van der Waals surface area contributed by atoms with Gasteiger partial charge in [0.1, 0.15) is 6.10 Å². The quantitative estimate of drug-likeness (QED) is 0.689. The number of ether oxygens (including phenoxy) is 2. The molecule has 0 amide bonds. The van der Waals surface area contributed by atoms with Gasteiger partial charge in [-0.25, -0.2) is 14.8 Å². The second-order valence-electron chi connectivity index (χ2n) is 5.27. The van der Waals surface area contributed by atoms with E-state index in [0.717, 1.165) is 31.4 Å². The summed E-state index contributed by atoms with van der Waals surface area (Å²) in [5.41, 5.74) is 1.25. The number of aryl methyl sites for hydroxylation is 1. The van der Waals surface area contributed by atoms with E-state index in [9.17, 15) is 4.79 Å². The maximum absolute atomic E-state index is 12.0. The lowest BCUT2D eigenvalue weighted by Gasteiger charge is -2.16. The van der Waals surface area contributed by atoms with Gasteiger partial charge in [0, 0.05) is 12.8 Å². The Balaban J connectivity index is 2.27. The van der Waals surface area contributed by atoms with Gasteiger partial charge in [-0.3, -0.25) is 0 Å². The molecule has 1 aromatic heterocycles. The van der Waals surface area contributed by atoms with Crippen molar-refractivity contribution in [2.24, 2.45) is 5.92 Å². The van der Waals surface area contributed by atoms with Gasteiger partial charge in [0.2, 0.25) is 0 Å². The van der Waals surface area contributed by atoms with Gasteiger partial charge < -0.3 is 9.47 Å². The van der Waals surface area contributed by atoms with Crippen LogP contribution in [-0.4, -0.2) is 29.2 Å². The summed E-state index contributed by atoms with van der Waals surface area (Å²) in [5, 5.41) is 0. The Morgan fingerprint density at radius 3 is 2.67 bits per heavy atom. The minimum Gasteiger partial charge on any atom is -0.462 e. The third-order valence-electron chi connectivity index (χ3n) is 3.52. The molecule has 2 rings (SSSR count). The topological polar surface area (TPSA) is 61.3 Å². The van der Waals surface area contributed by atoms with Crippen molar-refractivity contribution in [1.82, 2.24) is 9.97 Å². The molecule has 5 heteroatoms. The normalized spacial score (nSPS) is 15.8. The molecular weight excluding hydrogens is 268 g/mol. The van der Waals surface area contributed by atoms with Crippen LogP contribution in [0.25, 0.3) is 0 Å². The van der Waals surface area contributed by atoms with Crippen LogP contribution in [0, 0.1) is 5.92 Å². The smallest absolute Gasteiger partial charge is 0.341 e. The lowest BCUT2D eigenvalue weighted by Crippen LogP contribution is -2.16. The zero-order valence-corrected chi connectivity index (χ0v) is 13.1. The van der Waals surface area contributed by atoms with Crippen LogP contribution in [0.4, 0.5) is 0 Å². The average molecular weight is 292 g/mol. The summed E-state index contributed by atoms with van der Waals surface area (Å²) in [4.78, 5) is 20.9. The van der Waals surface area contributed by atoms with Crippen LogP contribution in [0.1, 0.15) is 68.0 Å². The van der Waals surface area contributed by atoms with Gasteiger partial charge in [0.15, 0.2) is 5.82 Å². The first-order valence-corrected chi connectivity index (χ1v) is 7.85. The van der Waals surface area contributed by atoms with E-state index < -0.39 is 0 Å². The van der Waals surface area contributed by atoms with E-state index in [-0.39, 0.29) is 12.1 Å². The summed E-state index contributed by atoms with van der Waals surface area (Å²) in [6.45, 7) is 6.85. The largest absolute Gasteiger partial charge is 0.462 e. The lowest BCUT2D eigenvalue weighted by atomic mass is 10.1. The molecule has 0 radical (unpaired) electrons. The van der Waals surface area contributed by atoms with E-state index in [1.807, 2.05) is 6.92 Å². The fourth-order valence-corrected chi connectivity index (χ4v) is 2.38. The maximum atomic E-state index is 12.0. The van der Waals surface area contributed by atoms with Gasteiger partial charge in [-0.1, -0.05) is 13.3 Å². The molecule has 0 aliphatic heterocycles.